The molecule has 0 aromatic heterocycles. The van der Waals surface area contributed by atoms with Gasteiger partial charge in [0.25, 0.3) is 0 Å². The van der Waals surface area contributed by atoms with Crippen molar-refractivity contribution < 1.29 is 4.39 Å². The average molecular weight is 268 g/mol. The lowest BCUT2D eigenvalue weighted by Gasteiger charge is -2.24. The summed E-state index contributed by atoms with van der Waals surface area (Å²) in [5.74, 6) is 6.29. The molecule has 0 radical (unpaired) electrons. The molecule has 2 rings (SSSR count). The molecule has 1 aliphatic carbocycles. The van der Waals surface area contributed by atoms with Crippen LogP contribution in [0.5, 0.6) is 0 Å². The topological polar surface area (TPSA) is 38.0 Å². The maximum Gasteiger partial charge on any atom is 0.123 e. The van der Waals surface area contributed by atoms with Crippen LogP contribution in [0, 0.1) is 5.82 Å². The molecular formula is C14H21FN2S. The maximum atomic E-state index is 13.2. The number of benzene rings is 1. The highest BCUT2D eigenvalue weighted by molar-refractivity contribution is 7.99. The predicted molar refractivity (Wildman–Crippen MR) is 75.8 cm³/mol. The Hall–Kier alpha value is -0.580. The van der Waals surface area contributed by atoms with Crippen LogP contribution in [0.4, 0.5) is 4.39 Å². The molecule has 1 atom stereocenters. The lowest BCUT2D eigenvalue weighted by atomic mass is 10.0. The lowest BCUT2D eigenvalue weighted by Crippen LogP contribution is -2.30. The highest BCUT2D eigenvalue weighted by Crippen LogP contribution is 2.30. The molecule has 0 saturated heterocycles. The Bertz CT molecular complexity index is 367. The van der Waals surface area contributed by atoms with E-state index in [1.165, 1.54) is 38.2 Å². The van der Waals surface area contributed by atoms with Crippen LogP contribution in [0.25, 0.3) is 0 Å². The molecule has 18 heavy (non-hydrogen) atoms. The van der Waals surface area contributed by atoms with Gasteiger partial charge in [-0.3, -0.25) is 11.3 Å². The first-order valence-electron chi connectivity index (χ1n) is 6.63. The van der Waals surface area contributed by atoms with Gasteiger partial charge in [0.15, 0.2) is 0 Å². The summed E-state index contributed by atoms with van der Waals surface area (Å²) in [6.45, 7) is 0. The quantitative estimate of drug-likeness (QED) is 0.635. The molecule has 1 aliphatic rings. The Morgan fingerprint density at radius 3 is 2.78 bits per heavy atom. The van der Waals surface area contributed by atoms with E-state index in [2.05, 4.69) is 5.43 Å². The van der Waals surface area contributed by atoms with E-state index in [4.69, 9.17) is 5.84 Å². The first kappa shape index (κ1) is 13.8. The van der Waals surface area contributed by atoms with Crippen molar-refractivity contribution >= 4 is 11.8 Å². The second kappa shape index (κ2) is 7.12. The minimum absolute atomic E-state index is 0.0348. The third-order valence-corrected chi connectivity index (χ3v) is 4.97. The Balaban J connectivity index is 1.88. The Morgan fingerprint density at radius 2 is 2.11 bits per heavy atom. The van der Waals surface area contributed by atoms with Gasteiger partial charge in [0.05, 0.1) is 6.04 Å². The number of hydrogen-bond acceptors (Lipinski definition) is 3. The van der Waals surface area contributed by atoms with Gasteiger partial charge in [-0.2, -0.15) is 11.8 Å². The number of nitrogens with one attached hydrogen (secondary N) is 1. The van der Waals surface area contributed by atoms with Crippen LogP contribution < -0.4 is 11.3 Å². The SMILES string of the molecule is NNC(CSC1CCCCC1)c1cccc(F)c1. The molecule has 100 valence electrons. The van der Waals surface area contributed by atoms with E-state index in [0.29, 0.717) is 0 Å². The summed E-state index contributed by atoms with van der Waals surface area (Å²) in [4.78, 5) is 0. The third kappa shape index (κ3) is 3.97. The van der Waals surface area contributed by atoms with E-state index in [1.807, 2.05) is 17.8 Å². The molecular weight excluding hydrogens is 247 g/mol. The van der Waals surface area contributed by atoms with Gasteiger partial charge in [-0.25, -0.2) is 4.39 Å². The molecule has 1 saturated carbocycles. The molecule has 3 N–H and O–H groups in total. The number of halogens is 1. The summed E-state index contributed by atoms with van der Waals surface area (Å²) in [5, 5.41) is 0.753. The highest BCUT2D eigenvalue weighted by atomic mass is 32.2. The van der Waals surface area contributed by atoms with Gasteiger partial charge in [0.1, 0.15) is 5.82 Å². The number of thioether (sulfide) groups is 1. The Labute approximate surface area is 112 Å². The van der Waals surface area contributed by atoms with Crippen molar-refractivity contribution in [3.05, 3.63) is 35.6 Å². The Morgan fingerprint density at radius 1 is 1.33 bits per heavy atom. The highest BCUT2D eigenvalue weighted by Gasteiger charge is 2.17. The summed E-state index contributed by atoms with van der Waals surface area (Å²) in [6.07, 6.45) is 6.69. The molecule has 0 bridgehead atoms. The molecule has 0 heterocycles. The third-order valence-electron chi connectivity index (χ3n) is 3.50. The fraction of sp³-hybridized carbons (Fsp3) is 0.571. The zero-order valence-electron chi connectivity index (χ0n) is 10.6. The molecule has 1 fully saturated rings. The fourth-order valence-electron chi connectivity index (χ4n) is 2.43. The first-order chi connectivity index (χ1) is 8.79. The fourth-order valence-corrected chi connectivity index (χ4v) is 3.85. The second-order valence-electron chi connectivity index (χ2n) is 4.87. The number of nitrogens with two attached hydrogens (primary N) is 1. The Kier molecular flexibility index (Phi) is 5.47. The van der Waals surface area contributed by atoms with Crippen molar-refractivity contribution in [1.29, 1.82) is 0 Å². The van der Waals surface area contributed by atoms with Crippen LogP contribution in [-0.4, -0.2) is 11.0 Å². The van der Waals surface area contributed by atoms with Crippen LogP contribution in [0.3, 0.4) is 0 Å². The summed E-state index contributed by atoms with van der Waals surface area (Å²) >= 11 is 1.97. The zero-order chi connectivity index (χ0) is 12.8. The van der Waals surface area contributed by atoms with Gasteiger partial charge in [0, 0.05) is 11.0 Å². The minimum Gasteiger partial charge on any atom is -0.271 e. The van der Waals surface area contributed by atoms with Gasteiger partial charge < -0.3 is 0 Å². The van der Waals surface area contributed by atoms with Crippen LogP contribution in [-0.2, 0) is 0 Å². The number of hydrazine groups is 1. The van der Waals surface area contributed by atoms with E-state index in [0.717, 1.165) is 16.6 Å². The van der Waals surface area contributed by atoms with E-state index < -0.39 is 0 Å². The minimum atomic E-state index is -0.199. The molecule has 4 heteroatoms. The molecule has 1 aromatic carbocycles. The summed E-state index contributed by atoms with van der Waals surface area (Å²) in [5.41, 5.74) is 3.73. The first-order valence-corrected chi connectivity index (χ1v) is 7.67. The van der Waals surface area contributed by atoms with Crippen LogP contribution >= 0.6 is 11.8 Å². The molecule has 1 unspecified atom stereocenters. The van der Waals surface area contributed by atoms with Crippen LogP contribution in [0.15, 0.2) is 24.3 Å². The van der Waals surface area contributed by atoms with Gasteiger partial charge in [-0.15, -0.1) is 0 Å². The van der Waals surface area contributed by atoms with Crippen molar-refractivity contribution in [1.82, 2.24) is 5.43 Å². The smallest absolute Gasteiger partial charge is 0.123 e. The van der Waals surface area contributed by atoms with Crippen molar-refractivity contribution in [3.63, 3.8) is 0 Å². The average Bonchev–Trinajstić information content (AvgIpc) is 2.41. The van der Waals surface area contributed by atoms with Gasteiger partial charge >= 0.3 is 0 Å². The van der Waals surface area contributed by atoms with Gasteiger partial charge in [0.2, 0.25) is 0 Å². The van der Waals surface area contributed by atoms with E-state index in [9.17, 15) is 4.39 Å². The zero-order valence-corrected chi connectivity index (χ0v) is 11.4. The maximum absolute atomic E-state index is 13.2. The standard InChI is InChI=1S/C14H21FN2S/c15-12-6-4-5-11(9-12)14(17-16)10-18-13-7-2-1-3-8-13/h4-6,9,13-14,17H,1-3,7-8,10,16H2. The molecule has 1 aromatic rings. The van der Waals surface area contributed by atoms with Crippen LogP contribution in [0.1, 0.15) is 43.7 Å². The molecule has 2 nitrogen and oxygen atoms in total. The van der Waals surface area contributed by atoms with Gasteiger partial charge in [-0.05, 0) is 30.5 Å². The van der Waals surface area contributed by atoms with E-state index >= 15 is 0 Å². The van der Waals surface area contributed by atoms with Crippen molar-refractivity contribution in [2.75, 3.05) is 5.75 Å². The normalized spacial score (nSPS) is 18.8. The van der Waals surface area contributed by atoms with Crippen molar-refractivity contribution in [2.45, 2.75) is 43.4 Å². The summed E-state index contributed by atoms with van der Waals surface area (Å²) < 4.78 is 13.2. The number of rotatable bonds is 5. The number of hydrogen-bond donors (Lipinski definition) is 2. The molecule has 0 amide bonds. The predicted octanol–water partition coefficient (Wildman–Crippen LogP) is 3.40. The monoisotopic (exact) mass is 268 g/mol. The largest absolute Gasteiger partial charge is 0.271 e. The summed E-state index contributed by atoms with van der Waals surface area (Å²) in [7, 11) is 0. The van der Waals surface area contributed by atoms with Crippen molar-refractivity contribution in [3.8, 4) is 0 Å². The van der Waals surface area contributed by atoms with E-state index in [1.54, 1.807) is 12.1 Å². The molecule has 0 spiro atoms. The second-order valence-corrected chi connectivity index (χ2v) is 6.20. The lowest BCUT2D eigenvalue weighted by molar-refractivity contribution is 0.514. The van der Waals surface area contributed by atoms with Gasteiger partial charge in [-0.1, -0.05) is 31.4 Å². The summed E-state index contributed by atoms with van der Waals surface area (Å²) in [6, 6.07) is 6.72. The van der Waals surface area contributed by atoms with Crippen molar-refractivity contribution in [2.24, 2.45) is 5.84 Å². The van der Waals surface area contributed by atoms with E-state index in [-0.39, 0.29) is 11.9 Å². The molecule has 0 aliphatic heterocycles. The van der Waals surface area contributed by atoms with Crippen LogP contribution in [0.2, 0.25) is 0 Å².